The number of nitrogens with zero attached hydrogens (tertiary/aromatic N) is 3. The van der Waals surface area contributed by atoms with E-state index in [1.165, 1.54) is 11.3 Å². The monoisotopic (exact) mass is 268 g/mol. The van der Waals surface area contributed by atoms with Crippen LogP contribution in [0.25, 0.3) is 4.96 Å². The molecule has 96 valence electrons. The fourth-order valence-electron chi connectivity index (χ4n) is 1.64. The summed E-state index contributed by atoms with van der Waals surface area (Å²) < 4.78 is 1.80. The lowest BCUT2D eigenvalue weighted by molar-refractivity contribution is -0.136. The quantitative estimate of drug-likeness (QED) is 0.847. The molecule has 1 amide bonds. The molecule has 0 bridgehead atoms. The highest BCUT2D eigenvalue weighted by molar-refractivity contribution is 7.19. The maximum atomic E-state index is 11.9. The van der Waals surface area contributed by atoms with Crippen molar-refractivity contribution in [2.75, 3.05) is 6.54 Å². The highest BCUT2D eigenvalue weighted by Crippen LogP contribution is 2.22. The second-order valence-corrected chi connectivity index (χ2v) is 4.76. The fourth-order valence-corrected chi connectivity index (χ4v) is 2.66. The predicted molar refractivity (Wildman–Crippen MR) is 64.9 cm³/mol. The summed E-state index contributed by atoms with van der Waals surface area (Å²) in [5.74, 6) is -0.486. The zero-order valence-electron chi connectivity index (χ0n) is 9.93. The molecule has 0 aliphatic carbocycles. The van der Waals surface area contributed by atoms with Crippen molar-refractivity contribution in [2.45, 2.75) is 20.3 Å². The smallest absolute Gasteiger partial charge is 0.305 e. The van der Waals surface area contributed by atoms with Gasteiger partial charge in [0.1, 0.15) is 10.7 Å². The van der Waals surface area contributed by atoms with Crippen LogP contribution < -0.4 is 5.32 Å². The molecule has 0 spiro atoms. The largest absolute Gasteiger partial charge is 0.481 e. The molecule has 2 N–H and O–H groups in total. The van der Waals surface area contributed by atoms with Crippen LogP contribution in [-0.4, -0.2) is 38.1 Å². The number of carbonyl (C=O) groups excluding carboxylic acids is 1. The van der Waals surface area contributed by atoms with E-state index in [0.717, 1.165) is 11.5 Å². The number of hydrogen-bond donors (Lipinski definition) is 2. The molecule has 0 aromatic carbocycles. The number of aromatic nitrogens is 3. The third-order valence-corrected chi connectivity index (χ3v) is 3.61. The second kappa shape index (κ2) is 4.73. The van der Waals surface area contributed by atoms with Crippen molar-refractivity contribution in [1.82, 2.24) is 19.9 Å². The van der Waals surface area contributed by atoms with Crippen molar-refractivity contribution in [2.24, 2.45) is 0 Å². The van der Waals surface area contributed by atoms with Gasteiger partial charge in [0, 0.05) is 12.2 Å². The zero-order valence-corrected chi connectivity index (χ0v) is 10.7. The molecule has 18 heavy (non-hydrogen) atoms. The standard InChI is InChI=1S/C10H12N4O3S/c1-5-8(9(17)11-4-3-7(15)16)18-10-13-12-6(2)14(5)10/h3-4H2,1-2H3,(H,11,17)(H,15,16). The first-order valence-electron chi connectivity index (χ1n) is 5.32. The summed E-state index contributed by atoms with van der Waals surface area (Å²) in [7, 11) is 0. The van der Waals surface area contributed by atoms with Gasteiger partial charge in [-0.3, -0.25) is 14.0 Å². The molecular formula is C10H12N4O3S. The minimum absolute atomic E-state index is 0.0894. The number of aryl methyl sites for hydroxylation is 2. The van der Waals surface area contributed by atoms with Gasteiger partial charge in [0.15, 0.2) is 0 Å². The normalized spacial score (nSPS) is 10.8. The lowest BCUT2D eigenvalue weighted by Crippen LogP contribution is -2.25. The lowest BCUT2D eigenvalue weighted by Gasteiger charge is -2.02. The molecular weight excluding hydrogens is 256 g/mol. The van der Waals surface area contributed by atoms with Gasteiger partial charge >= 0.3 is 5.97 Å². The van der Waals surface area contributed by atoms with Gasteiger partial charge in [-0.15, -0.1) is 10.2 Å². The van der Waals surface area contributed by atoms with Crippen LogP contribution in [0.3, 0.4) is 0 Å². The Morgan fingerprint density at radius 2 is 2.11 bits per heavy atom. The van der Waals surface area contributed by atoms with Crippen LogP contribution in [0.1, 0.15) is 27.6 Å². The minimum Gasteiger partial charge on any atom is -0.481 e. The topological polar surface area (TPSA) is 96.6 Å². The van der Waals surface area contributed by atoms with Crippen LogP contribution in [0, 0.1) is 13.8 Å². The highest BCUT2D eigenvalue weighted by atomic mass is 32.1. The number of hydrogen-bond acceptors (Lipinski definition) is 5. The molecule has 2 aromatic rings. The van der Waals surface area contributed by atoms with E-state index in [4.69, 9.17) is 5.11 Å². The minimum atomic E-state index is -0.937. The van der Waals surface area contributed by atoms with Gasteiger partial charge < -0.3 is 10.4 Å². The summed E-state index contributed by atoms with van der Waals surface area (Å²) in [6.07, 6.45) is -0.0894. The maximum Gasteiger partial charge on any atom is 0.305 e. The number of amides is 1. The number of carboxylic acid groups (broad SMARTS) is 1. The summed E-state index contributed by atoms with van der Waals surface area (Å²) in [6.45, 7) is 3.74. The van der Waals surface area contributed by atoms with E-state index in [1.807, 2.05) is 13.8 Å². The Kier molecular flexibility index (Phi) is 3.28. The van der Waals surface area contributed by atoms with E-state index in [9.17, 15) is 9.59 Å². The summed E-state index contributed by atoms with van der Waals surface area (Å²) >= 11 is 1.24. The van der Waals surface area contributed by atoms with Gasteiger partial charge in [-0.1, -0.05) is 11.3 Å². The SMILES string of the molecule is Cc1nnc2sc(C(=O)NCCC(=O)O)c(C)n12. The van der Waals surface area contributed by atoms with Crippen molar-refractivity contribution in [3.8, 4) is 0 Å². The highest BCUT2D eigenvalue weighted by Gasteiger charge is 2.18. The Balaban J connectivity index is 2.18. The van der Waals surface area contributed by atoms with Crippen LogP contribution in [0.15, 0.2) is 0 Å². The molecule has 8 heteroatoms. The van der Waals surface area contributed by atoms with Crippen molar-refractivity contribution < 1.29 is 14.7 Å². The van der Waals surface area contributed by atoms with Gasteiger partial charge in [-0.2, -0.15) is 0 Å². The average molecular weight is 268 g/mol. The van der Waals surface area contributed by atoms with Crippen LogP contribution in [0.5, 0.6) is 0 Å². The predicted octanol–water partition coefficient (Wildman–Crippen LogP) is 0.612. The van der Waals surface area contributed by atoms with E-state index in [-0.39, 0.29) is 18.9 Å². The molecule has 7 nitrogen and oxygen atoms in total. The second-order valence-electron chi connectivity index (χ2n) is 3.78. The summed E-state index contributed by atoms with van der Waals surface area (Å²) in [5.41, 5.74) is 0.769. The third-order valence-electron chi connectivity index (χ3n) is 2.48. The molecule has 2 aromatic heterocycles. The first-order valence-corrected chi connectivity index (χ1v) is 6.13. The van der Waals surface area contributed by atoms with E-state index in [1.54, 1.807) is 4.40 Å². The molecule has 0 radical (unpaired) electrons. The average Bonchev–Trinajstić information content (AvgIpc) is 2.80. The summed E-state index contributed by atoms with van der Waals surface area (Å²) in [4.78, 5) is 23.4. The number of carboxylic acids is 1. The van der Waals surface area contributed by atoms with Crippen LogP contribution >= 0.6 is 11.3 Å². The van der Waals surface area contributed by atoms with Crippen LogP contribution in [0.2, 0.25) is 0 Å². The molecule has 0 aliphatic heterocycles. The first-order chi connectivity index (χ1) is 8.50. The molecule has 0 saturated heterocycles. The van der Waals surface area contributed by atoms with Crippen molar-refractivity contribution in [3.05, 3.63) is 16.4 Å². The van der Waals surface area contributed by atoms with Crippen LogP contribution in [0.4, 0.5) is 0 Å². The third kappa shape index (κ3) is 2.19. The number of thiazole rings is 1. The summed E-state index contributed by atoms with van der Waals surface area (Å²) in [5, 5.41) is 18.9. The molecule has 2 rings (SSSR count). The van der Waals surface area contributed by atoms with Crippen molar-refractivity contribution in [1.29, 1.82) is 0 Å². The Morgan fingerprint density at radius 3 is 2.72 bits per heavy atom. The fraction of sp³-hybridized carbons (Fsp3) is 0.400. The van der Waals surface area contributed by atoms with Gasteiger partial charge in [0.05, 0.1) is 6.42 Å². The van der Waals surface area contributed by atoms with Crippen molar-refractivity contribution >= 4 is 28.2 Å². The molecule has 2 heterocycles. The van der Waals surface area contributed by atoms with E-state index in [0.29, 0.717) is 9.84 Å². The first kappa shape index (κ1) is 12.5. The Bertz CT molecular complexity index is 616. The molecule has 0 unspecified atom stereocenters. The molecule has 0 aliphatic rings. The maximum absolute atomic E-state index is 11.9. The van der Waals surface area contributed by atoms with Gasteiger partial charge in [0.25, 0.3) is 5.91 Å². The van der Waals surface area contributed by atoms with Crippen molar-refractivity contribution in [3.63, 3.8) is 0 Å². The number of fused-ring (bicyclic) bond motifs is 1. The Morgan fingerprint density at radius 1 is 1.39 bits per heavy atom. The summed E-state index contributed by atoms with van der Waals surface area (Å²) in [6, 6.07) is 0. The van der Waals surface area contributed by atoms with Gasteiger partial charge in [-0.05, 0) is 13.8 Å². The zero-order chi connectivity index (χ0) is 13.3. The number of carbonyl (C=O) groups is 2. The Hall–Kier alpha value is -1.96. The van der Waals surface area contributed by atoms with E-state index >= 15 is 0 Å². The number of rotatable bonds is 4. The van der Waals surface area contributed by atoms with Gasteiger partial charge in [-0.25, -0.2) is 0 Å². The van der Waals surface area contributed by atoms with E-state index < -0.39 is 5.97 Å². The molecule has 0 fully saturated rings. The molecule has 0 atom stereocenters. The van der Waals surface area contributed by atoms with Crippen LogP contribution in [-0.2, 0) is 4.79 Å². The Labute approximate surface area is 106 Å². The number of nitrogens with one attached hydrogen (secondary N) is 1. The molecule has 0 saturated carbocycles. The lowest BCUT2D eigenvalue weighted by atomic mass is 10.3. The van der Waals surface area contributed by atoms with E-state index in [2.05, 4.69) is 15.5 Å². The number of aliphatic carboxylic acids is 1. The van der Waals surface area contributed by atoms with Gasteiger partial charge in [0.2, 0.25) is 4.96 Å².